The van der Waals surface area contributed by atoms with E-state index in [0.717, 1.165) is 28.0 Å². The Labute approximate surface area is 95.8 Å². The molecule has 2 heteroatoms. The monoisotopic (exact) mass is 222 g/mol. The van der Waals surface area contributed by atoms with Crippen LogP contribution in [0, 0.1) is 12.8 Å². The average molecular weight is 223 g/mol. The van der Waals surface area contributed by atoms with Crippen LogP contribution in [-0.4, -0.2) is 6.29 Å². The van der Waals surface area contributed by atoms with Crippen LogP contribution in [0.3, 0.4) is 0 Å². The number of benzene rings is 1. The smallest absolute Gasteiger partial charge is 0.146 e. The lowest BCUT2D eigenvalue weighted by molar-refractivity contribution is -0.105. The molecular weight excluding hydrogens is 208 g/mol. The summed E-state index contributed by atoms with van der Waals surface area (Å²) in [7, 11) is 0. The van der Waals surface area contributed by atoms with Crippen molar-refractivity contribution in [2.75, 3.05) is 0 Å². The Morgan fingerprint density at radius 2 is 2.07 bits per heavy atom. The Balaban J connectivity index is 3.07. The fourth-order valence-corrected chi connectivity index (χ4v) is 1.42. The molecule has 1 rings (SSSR count). The first-order chi connectivity index (χ1) is 7.04. The first-order valence-electron chi connectivity index (χ1n) is 4.97. The number of carbonyl (C=O) groups is 1. The summed E-state index contributed by atoms with van der Waals surface area (Å²) in [6.07, 6.45) is 2.78. The highest BCUT2D eigenvalue weighted by Gasteiger charge is 2.02. The molecule has 0 saturated carbocycles. The normalized spacial score (nSPS) is 11.9. The minimum Gasteiger partial charge on any atom is -0.298 e. The van der Waals surface area contributed by atoms with E-state index in [9.17, 15) is 4.79 Å². The first kappa shape index (κ1) is 12.0. The van der Waals surface area contributed by atoms with E-state index in [1.165, 1.54) is 0 Å². The minimum atomic E-state index is 0.238. The van der Waals surface area contributed by atoms with Crippen LogP contribution < -0.4 is 0 Å². The second-order valence-electron chi connectivity index (χ2n) is 3.93. The van der Waals surface area contributed by atoms with Crippen molar-refractivity contribution < 1.29 is 4.79 Å². The summed E-state index contributed by atoms with van der Waals surface area (Å²) in [5, 5.41) is 0.734. The molecule has 0 N–H and O–H groups in total. The van der Waals surface area contributed by atoms with Gasteiger partial charge in [0.2, 0.25) is 0 Å². The van der Waals surface area contributed by atoms with E-state index >= 15 is 0 Å². The molecule has 1 aromatic rings. The van der Waals surface area contributed by atoms with Gasteiger partial charge in [-0.05, 0) is 41.7 Å². The lowest BCUT2D eigenvalue weighted by Gasteiger charge is -2.04. The summed E-state index contributed by atoms with van der Waals surface area (Å²) < 4.78 is 0. The highest BCUT2D eigenvalue weighted by molar-refractivity contribution is 6.31. The van der Waals surface area contributed by atoms with E-state index in [1.807, 2.05) is 45.0 Å². The van der Waals surface area contributed by atoms with Crippen LogP contribution >= 0.6 is 11.6 Å². The predicted octanol–water partition coefficient (Wildman–Crippen LogP) is 3.89. The molecule has 0 atom stereocenters. The molecule has 15 heavy (non-hydrogen) atoms. The van der Waals surface area contributed by atoms with Gasteiger partial charge in [-0.25, -0.2) is 0 Å². The largest absolute Gasteiger partial charge is 0.298 e. The average Bonchev–Trinajstić information content (AvgIpc) is 2.19. The van der Waals surface area contributed by atoms with Crippen LogP contribution in [-0.2, 0) is 4.79 Å². The number of carbonyl (C=O) groups excluding carboxylic acids is 1. The molecule has 0 fully saturated rings. The van der Waals surface area contributed by atoms with E-state index < -0.39 is 0 Å². The Bertz CT molecular complexity index is 392. The quantitative estimate of drug-likeness (QED) is 0.560. The summed E-state index contributed by atoms with van der Waals surface area (Å²) >= 11 is 6.00. The third-order valence-corrected chi connectivity index (χ3v) is 2.74. The third kappa shape index (κ3) is 3.21. The zero-order chi connectivity index (χ0) is 11.4. The maximum Gasteiger partial charge on any atom is 0.146 e. The summed E-state index contributed by atoms with van der Waals surface area (Å²) in [6.45, 7) is 5.95. The zero-order valence-corrected chi connectivity index (χ0v) is 10.0. The van der Waals surface area contributed by atoms with Gasteiger partial charge in [-0.1, -0.05) is 37.6 Å². The summed E-state index contributed by atoms with van der Waals surface area (Å²) in [4.78, 5) is 10.8. The Hall–Kier alpha value is -1.08. The van der Waals surface area contributed by atoms with E-state index in [1.54, 1.807) is 0 Å². The zero-order valence-electron chi connectivity index (χ0n) is 9.25. The van der Waals surface area contributed by atoms with Crippen molar-refractivity contribution >= 4 is 24.0 Å². The molecular formula is C13H15ClO. The van der Waals surface area contributed by atoms with Crippen molar-refractivity contribution in [2.24, 2.45) is 5.92 Å². The minimum absolute atomic E-state index is 0.238. The van der Waals surface area contributed by atoms with Gasteiger partial charge in [-0.15, -0.1) is 0 Å². The van der Waals surface area contributed by atoms with Gasteiger partial charge < -0.3 is 0 Å². The van der Waals surface area contributed by atoms with E-state index in [0.29, 0.717) is 0 Å². The molecule has 0 bridgehead atoms. The van der Waals surface area contributed by atoms with Gasteiger partial charge in [0.15, 0.2) is 0 Å². The van der Waals surface area contributed by atoms with Gasteiger partial charge in [0.25, 0.3) is 0 Å². The molecule has 1 nitrogen and oxygen atoms in total. The van der Waals surface area contributed by atoms with Crippen LogP contribution in [0.5, 0.6) is 0 Å². The van der Waals surface area contributed by atoms with Crippen molar-refractivity contribution in [2.45, 2.75) is 20.8 Å². The second-order valence-corrected chi connectivity index (χ2v) is 4.33. The standard InChI is InChI=1S/C13H15ClO/c1-9(2)12(8-15)6-11-5-4-10(3)13(14)7-11/h4-9H,1-3H3/b12-6+. The summed E-state index contributed by atoms with van der Waals surface area (Å²) in [5.74, 6) is 0.238. The van der Waals surface area contributed by atoms with Gasteiger partial charge in [0.1, 0.15) is 6.29 Å². The van der Waals surface area contributed by atoms with Gasteiger partial charge in [0.05, 0.1) is 0 Å². The first-order valence-corrected chi connectivity index (χ1v) is 5.35. The topological polar surface area (TPSA) is 17.1 Å². The predicted molar refractivity (Wildman–Crippen MR) is 65.1 cm³/mol. The Morgan fingerprint density at radius 3 is 2.53 bits per heavy atom. The number of allylic oxidation sites excluding steroid dienone is 1. The highest BCUT2D eigenvalue weighted by atomic mass is 35.5. The van der Waals surface area contributed by atoms with Crippen molar-refractivity contribution in [3.05, 3.63) is 39.9 Å². The van der Waals surface area contributed by atoms with Gasteiger partial charge in [-0.3, -0.25) is 4.79 Å². The molecule has 0 heterocycles. The molecule has 1 aromatic carbocycles. The maximum absolute atomic E-state index is 10.8. The SMILES string of the molecule is Cc1ccc(/C=C(\C=O)C(C)C)cc1Cl. The lowest BCUT2D eigenvalue weighted by Crippen LogP contribution is -1.94. The number of halogens is 1. The molecule has 0 saturated heterocycles. The van der Waals surface area contributed by atoms with Crippen molar-refractivity contribution in [1.82, 2.24) is 0 Å². The van der Waals surface area contributed by atoms with Crippen molar-refractivity contribution in [3.63, 3.8) is 0 Å². The Morgan fingerprint density at radius 1 is 1.40 bits per heavy atom. The molecule has 0 aliphatic heterocycles. The van der Waals surface area contributed by atoms with Gasteiger partial charge in [-0.2, -0.15) is 0 Å². The van der Waals surface area contributed by atoms with E-state index in [2.05, 4.69) is 0 Å². The molecule has 0 radical (unpaired) electrons. The molecule has 80 valence electrons. The second kappa shape index (κ2) is 5.13. The molecule has 0 spiro atoms. The summed E-state index contributed by atoms with van der Waals surface area (Å²) in [5.41, 5.74) is 2.81. The number of rotatable bonds is 3. The maximum atomic E-state index is 10.8. The van der Waals surface area contributed by atoms with Crippen LogP contribution in [0.25, 0.3) is 6.08 Å². The van der Waals surface area contributed by atoms with Gasteiger partial charge in [0, 0.05) is 5.02 Å². The van der Waals surface area contributed by atoms with E-state index in [4.69, 9.17) is 11.6 Å². The fraction of sp³-hybridized carbons (Fsp3) is 0.308. The van der Waals surface area contributed by atoms with Crippen LogP contribution in [0.1, 0.15) is 25.0 Å². The molecule has 0 amide bonds. The summed E-state index contributed by atoms with van der Waals surface area (Å²) in [6, 6.07) is 5.80. The van der Waals surface area contributed by atoms with Crippen LogP contribution in [0.15, 0.2) is 23.8 Å². The molecule has 0 aliphatic carbocycles. The highest BCUT2D eigenvalue weighted by Crippen LogP contribution is 2.19. The fourth-order valence-electron chi connectivity index (χ4n) is 1.23. The van der Waals surface area contributed by atoms with E-state index in [-0.39, 0.29) is 5.92 Å². The number of aryl methyl sites for hydroxylation is 1. The number of hydrogen-bond donors (Lipinski definition) is 0. The van der Waals surface area contributed by atoms with Gasteiger partial charge >= 0.3 is 0 Å². The Kier molecular flexibility index (Phi) is 4.10. The molecule has 0 unspecified atom stereocenters. The van der Waals surface area contributed by atoms with Crippen LogP contribution in [0.4, 0.5) is 0 Å². The van der Waals surface area contributed by atoms with Crippen LogP contribution in [0.2, 0.25) is 5.02 Å². The number of aldehydes is 1. The van der Waals surface area contributed by atoms with Crippen molar-refractivity contribution in [3.8, 4) is 0 Å². The molecule has 0 aliphatic rings. The lowest BCUT2D eigenvalue weighted by atomic mass is 10.0. The third-order valence-electron chi connectivity index (χ3n) is 2.33. The molecule has 0 aromatic heterocycles. The van der Waals surface area contributed by atoms with Crippen molar-refractivity contribution in [1.29, 1.82) is 0 Å². The number of hydrogen-bond acceptors (Lipinski definition) is 1.